The van der Waals surface area contributed by atoms with E-state index in [1.165, 1.54) is 6.33 Å². The molecule has 0 aliphatic carbocycles. The molecule has 0 aliphatic rings. The summed E-state index contributed by atoms with van der Waals surface area (Å²) in [6, 6.07) is 5.91. The van der Waals surface area contributed by atoms with Crippen LogP contribution in [-0.4, -0.2) is 23.2 Å². The fourth-order valence-corrected chi connectivity index (χ4v) is 1.77. The summed E-state index contributed by atoms with van der Waals surface area (Å²) in [6.07, 6.45) is 5.10. The molecular weight excluding hydrogens is 254 g/mol. The molecule has 1 N–H and O–H groups in total. The Kier molecular flexibility index (Phi) is 4.76. The van der Waals surface area contributed by atoms with Crippen LogP contribution in [0.4, 0.5) is 5.69 Å². The average molecular weight is 273 g/mol. The first-order chi connectivity index (χ1) is 9.69. The third-order valence-corrected chi connectivity index (χ3v) is 2.65. The van der Waals surface area contributed by atoms with Gasteiger partial charge in [-0.1, -0.05) is 6.07 Å². The number of rotatable bonds is 6. The number of ether oxygens (including phenoxy) is 2. The van der Waals surface area contributed by atoms with Crippen LogP contribution in [0.5, 0.6) is 11.5 Å². The van der Waals surface area contributed by atoms with Crippen LogP contribution in [0, 0.1) is 0 Å². The summed E-state index contributed by atoms with van der Waals surface area (Å²) in [5.74, 6) is 1.50. The second-order valence-electron chi connectivity index (χ2n) is 4.63. The van der Waals surface area contributed by atoms with Crippen molar-refractivity contribution in [1.29, 1.82) is 0 Å². The molecule has 5 heteroatoms. The molecular formula is C15H19N3O2. The van der Waals surface area contributed by atoms with Crippen LogP contribution in [-0.2, 0) is 6.54 Å². The Bertz CT molecular complexity index is 544. The van der Waals surface area contributed by atoms with E-state index in [1.54, 1.807) is 19.5 Å². The lowest BCUT2D eigenvalue weighted by Gasteiger charge is -2.14. The van der Waals surface area contributed by atoms with E-state index in [0.717, 1.165) is 22.7 Å². The molecule has 0 saturated heterocycles. The van der Waals surface area contributed by atoms with Gasteiger partial charge in [-0.05, 0) is 31.5 Å². The van der Waals surface area contributed by atoms with Gasteiger partial charge in [-0.2, -0.15) is 0 Å². The highest BCUT2D eigenvalue weighted by Gasteiger charge is 2.07. The normalized spacial score (nSPS) is 10.4. The third kappa shape index (κ3) is 3.85. The first kappa shape index (κ1) is 14.1. The Balaban J connectivity index is 2.05. The zero-order valence-electron chi connectivity index (χ0n) is 12.0. The second-order valence-corrected chi connectivity index (χ2v) is 4.63. The maximum Gasteiger partial charge on any atom is 0.161 e. The molecule has 0 unspecified atom stereocenters. The van der Waals surface area contributed by atoms with Gasteiger partial charge in [-0.25, -0.2) is 9.97 Å². The van der Waals surface area contributed by atoms with Crippen molar-refractivity contribution in [1.82, 2.24) is 9.97 Å². The first-order valence-corrected chi connectivity index (χ1v) is 6.51. The van der Waals surface area contributed by atoms with Crippen molar-refractivity contribution >= 4 is 5.69 Å². The maximum atomic E-state index is 5.69. The summed E-state index contributed by atoms with van der Waals surface area (Å²) >= 11 is 0. The number of methoxy groups -OCH3 is 1. The smallest absolute Gasteiger partial charge is 0.161 e. The molecule has 0 atom stereocenters. The van der Waals surface area contributed by atoms with Crippen LogP contribution in [0.3, 0.4) is 0 Å². The molecule has 5 nitrogen and oxygen atoms in total. The lowest BCUT2D eigenvalue weighted by Crippen LogP contribution is -2.07. The SMILES string of the molecule is COc1cc(CNc2cncnc2)ccc1OC(C)C. The van der Waals surface area contributed by atoms with Crippen LogP contribution in [0.2, 0.25) is 0 Å². The molecule has 2 aromatic rings. The van der Waals surface area contributed by atoms with Gasteiger partial charge in [0.25, 0.3) is 0 Å². The fraction of sp³-hybridized carbons (Fsp3) is 0.333. The van der Waals surface area contributed by atoms with Crippen molar-refractivity contribution in [2.24, 2.45) is 0 Å². The molecule has 1 aromatic carbocycles. The van der Waals surface area contributed by atoms with Gasteiger partial charge in [0.1, 0.15) is 6.33 Å². The van der Waals surface area contributed by atoms with Crippen LogP contribution in [0.25, 0.3) is 0 Å². The van der Waals surface area contributed by atoms with E-state index in [2.05, 4.69) is 15.3 Å². The molecule has 20 heavy (non-hydrogen) atoms. The standard InChI is InChI=1S/C15H19N3O2/c1-11(2)20-14-5-4-12(6-15(14)19-3)7-18-13-8-16-10-17-9-13/h4-6,8-11,18H,7H2,1-3H3. The van der Waals surface area contributed by atoms with Gasteiger partial charge >= 0.3 is 0 Å². The van der Waals surface area contributed by atoms with Crippen molar-refractivity contribution in [3.63, 3.8) is 0 Å². The molecule has 0 amide bonds. The summed E-state index contributed by atoms with van der Waals surface area (Å²) in [5, 5.41) is 3.25. The molecule has 0 saturated carbocycles. The highest BCUT2D eigenvalue weighted by atomic mass is 16.5. The predicted molar refractivity (Wildman–Crippen MR) is 78.1 cm³/mol. The monoisotopic (exact) mass is 273 g/mol. The molecule has 0 aliphatic heterocycles. The largest absolute Gasteiger partial charge is 0.493 e. The van der Waals surface area contributed by atoms with Crippen LogP contribution in [0.15, 0.2) is 36.9 Å². The van der Waals surface area contributed by atoms with Gasteiger partial charge in [0.05, 0.1) is 31.3 Å². The Morgan fingerprint density at radius 1 is 1.15 bits per heavy atom. The van der Waals surface area contributed by atoms with Crippen molar-refractivity contribution < 1.29 is 9.47 Å². The van der Waals surface area contributed by atoms with E-state index in [9.17, 15) is 0 Å². The number of nitrogens with zero attached hydrogens (tertiary/aromatic N) is 2. The number of nitrogens with one attached hydrogen (secondary N) is 1. The number of hydrogen-bond acceptors (Lipinski definition) is 5. The number of anilines is 1. The topological polar surface area (TPSA) is 56.3 Å². The van der Waals surface area contributed by atoms with Gasteiger partial charge in [0.2, 0.25) is 0 Å². The van der Waals surface area contributed by atoms with Crippen LogP contribution in [0.1, 0.15) is 19.4 Å². The number of benzene rings is 1. The second kappa shape index (κ2) is 6.75. The minimum absolute atomic E-state index is 0.120. The number of aromatic nitrogens is 2. The summed E-state index contributed by atoms with van der Waals surface area (Å²) in [5.41, 5.74) is 1.98. The molecule has 2 rings (SSSR count). The molecule has 1 heterocycles. The Morgan fingerprint density at radius 2 is 1.90 bits per heavy atom. The van der Waals surface area contributed by atoms with Gasteiger partial charge in [-0.3, -0.25) is 0 Å². The van der Waals surface area contributed by atoms with Gasteiger partial charge in [-0.15, -0.1) is 0 Å². The molecule has 0 fully saturated rings. The van der Waals surface area contributed by atoms with E-state index in [-0.39, 0.29) is 6.10 Å². The first-order valence-electron chi connectivity index (χ1n) is 6.51. The lowest BCUT2D eigenvalue weighted by molar-refractivity contribution is 0.230. The van der Waals surface area contributed by atoms with E-state index >= 15 is 0 Å². The molecule has 0 spiro atoms. The van der Waals surface area contributed by atoms with Crippen molar-refractivity contribution in [2.45, 2.75) is 26.5 Å². The molecule has 1 aromatic heterocycles. The molecule has 0 radical (unpaired) electrons. The van der Waals surface area contributed by atoms with E-state index < -0.39 is 0 Å². The summed E-state index contributed by atoms with van der Waals surface area (Å²) in [6.45, 7) is 4.65. The van der Waals surface area contributed by atoms with Crippen LogP contribution >= 0.6 is 0 Å². The summed E-state index contributed by atoms with van der Waals surface area (Å²) in [4.78, 5) is 7.92. The van der Waals surface area contributed by atoms with Gasteiger partial charge < -0.3 is 14.8 Å². The Labute approximate surface area is 119 Å². The highest BCUT2D eigenvalue weighted by molar-refractivity contribution is 5.45. The molecule has 106 valence electrons. The van der Waals surface area contributed by atoms with Crippen molar-refractivity contribution in [2.75, 3.05) is 12.4 Å². The van der Waals surface area contributed by atoms with Gasteiger partial charge in [0, 0.05) is 6.54 Å². The van der Waals surface area contributed by atoms with Gasteiger partial charge in [0.15, 0.2) is 11.5 Å². The zero-order chi connectivity index (χ0) is 14.4. The van der Waals surface area contributed by atoms with Crippen molar-refractivity contribution in [3.05, 3.63) is 42.5 Å². The zero-order valence-corrected chi connectivity index (χ0v) is 12.0. The summed E-state index contributed by atoms with van der Waals surface area (Å²) < 4.78 is 11.1. The van der Waals surface area contributed by atoms with Crippen LogP contribution < -0.4 is 14.8 Å². The maximum absolute atomic E-state index is 5.69. The fourth-order valence-electron chi connectivity index (χ4n) is 1.77. The van der Waals surface area contributed by atoms with E-state index in [0.29, 0.717) is 6.54 Å². The van der Waals surface area contributed by atoms with Crippen molar-refractivity contribution in [3.8, 4) is 11.5 Å². The minimum atomic E-state index is 0.120. The van der Waals surface area contributed by atoms with E-state index in [1.807, 2.05) is 32.0 Å². The Hall–Kier alpha value is -2.30. The minimum Gasteiger partial charge on any atom is -0.493 e. The summed E-state index contributed by atoms with van der Waals surface area (Å²) in [7, 11) is 1.64. The quantitative estimate of drug-likeness (QED) is 0.877. The predicted octanol–water partition coefficient (Wildman–Crippen LogP) is 2.88. The third-order valence-electron chi connectivity index (χ3n) is 2.65. The van der Waals surface area contributed by atoms with E-state index in [4.69, 9.17) is 9.47 Å². The average Bonchev–Trinajstić information content (AvgIpc) is 2.46. The highest BCUT2D eigenvalue weighted by Crippen LogP contribution is 2.29. The molecule has 0 bridgehead atoms. The number of hydrogen-bond donors (Lipinski definition) is 1. The Morgan fingerprint density at radius 3 is 2.55 bits per heavy atom. The lowest BCUT2D eigenvalue weighted by atomic mass is 10.2.